The van der Waals surface area contributed by atoms with Crippen molar-refractivity contribution in [1.82, 2.24) is 0 Å². The lowest BCUT2D eigenvalue weighted by Crippen LogP contribution is -2.01. The first-order chi connectivity index (χ1) is 8.50. The van der Waals surface area contributed by atoms with Crippen LogP contribution in [-0.2, 0) is 16.3 Å². The summed E-state index contributed by atoms with van der Waals surface area (Å²) in [6.45, 7) is 2.89. The highest BCUT2D eigenvalue weighted by Gasteiger charge is 2.17. The van der Waals surface area contributed by atoms with Gasteiger partial charge in [-0.05, 0) is 24.1 Å². The molecule has 1 aliphatic heterocycles. The molecule has 0 aliphatic carbocycles. The first-order valence-corrected chi connectivity index (χ1v) is 9.38. The molecule has 1 aromatic carbocycles. The number of nitrogens with zero attached hydrogens (tertiary/aromatic N) is 1. The van der Waals surface area contributed by atoms with E-state index in [0.717, 1.165) is 33.6 Å². The van der Waals surface area contributed by atoms with Crippen LogP contribution < -0.4 is 0 Å². The first kappa shape index (κ1) is 14.0. The minimum absolute atomic E-state index is 0.403. The largest absolute Gasteiger partial charge is 0.271 e. The van der Waals surface area contributed by atoms with E-state index in [0.29, 0.717) is 4.90 Å². The molecule has 0 spiro atoms. The molecule has 98 valence electrons. The Bertz CT molecular complexity index is 579. The summed E-state index contributed by atoms with van der Waals surface area (Å²) < 4.78 is 24.5. The predicted octanol–water partition coefficient (Wildman–Crippen LogP) is 2.85. The van der Waals surface area contributed by atoms with Gasteiger partial charge in [0.15, 0.2) is 9.84 Å². The Balaban J connectivity index is 2.40. The van der Waals surface area contributed by atoms with Gasteiger partial charge in [-0.1, -0.05) is 36.5 Å². The highest BCUT2D eigenvalue weighted by Crippen LogP contribution is 2.34. The van der Waals surface area contributed by atoms with Crippen molar-refractivity contribution in [3.8, 4) is 0 Å². The molecule has 1 aliphatic rings. The molecule has 0 saturated carbocycles. The van der Waals surface area contributed by atoms with Gasteiger partial charge in [0.1, 0.15) is 4.38 Å². The summed E-state index contributed by atoms with van der Waals surface area (Å²) in [5.41, 5.74) is 1.15. The maximum absolute atomic E-state index is 11.8. The van der Waals surface area contributed by atoms with E-state index >= 15 is 0 Å². The van der Waals surface area contributed by atoms with Gasteiger partial charge in [-0.15, -0.1) is 0 Å². The number of thioether (sulfide) groups is 2. The Kier molecular flexibility index (Phi) is 4.40. The summed E-state index contributed by atoms with van der Waals surface area (Å²) in [6.07, 6.45) is 2.15. The van der Waals surface area contributed by atoms with Crippen molar-refractivity contribution in [2.75, 3.05) is 18.6 Å². The third-order valence-electron chi connectivity index (χ3n) is 2.57. The van der Waals surface area contributed by atoms with Crippen molar-refractivity contribution >= 4 is 37.7 Å². The fraction of sp³-hybridized carbons (Fsp3) is 0.417. The second-order valence-electron chi connectivity index (χ2n) is 4.00. The minimum atomic E-state index is -3.19. The summed E-state index contributed by atoms with van der Waals surface area (Å²) >= 11 is 3.16. The number of sulfone groups is 1. The summed E-state index contributed by atoms with van der Waals surface area (Å²) in [7, 11) is -3.19. The molecule has 0 N–H and O–H groups in total. The van der Waals surface area contributed by atoms with Crippen molar-refractivity contribution in [3.63, 3.8) is 0 Å². The van der Waals surface area contributed by atoms with E-state index in [9.17, 15) is 8.42 Å². The number of hydrogen-bond acceptors (Lipinski definition) is 5. The van der Waals surface area contributed by atoms with E-state index in [-0.39, 0.29) is 0 Å². The van der Waals surface area contributed by atoms with Crippen molar-refractivity contribution < 1.29 is 8.42 Å². The first-order valence-electron chi connectivity index (χ1n) is 5.69. The van der Waals surface area contributed by atoms with Gasteiger partial charge in [-0.25, -0.2) is 8.42 Å². The molecule has 0 aromatic heterocycles. The van der Waals surface area contributed by atoms with Gasteiger partial charge in [0.05, 0.1) is 11.4 Å². The van der Waals surface area contributed by atoms with Gasteiger partial charge >= 0.3 is 0 Å². The van der Waals surface area contributed by atoms with Crippen LogP contribution in [0, 0.1) is 0 Å². The molecule has 3 nitrogen and oxygen atoms in total. The van der Waals surface area contributed by atoms with E-state index in [4.69, 9.17) is 0 Å². The molecular formula is C12H15NO2S3. The van der Waals surface area contributed by atoms with E-state index in [1.807, 2.05) is 12.1 Å². The van der Waals surface area contributed by atoms with Crippen LogP contribution in [0.2, 0.25) is 0 Å². The maximum atomic E-state index is 11.8. The SMILES string of the molecule is CCc1ccc(S(C)(=O)=O)c(SC2=NCCS2)c1. The average molecular weight is 301 g/mol. The highest BCUT2D eigenvalue weighted by molar-refractivity contribution is 8.39. The smallest absolute Gasteiger partial charge is 0.176 e. The molecule has 1 aromatic rings. The molecule has 0 unspecified atom stereocenters. The van der Waals surface area contributed by atoms with Crippen LogP contribution in [0.5, 0.6) is 0 Å². The predicted molar refractivity (Wildman–Crippen MR) is 79.5 cm³/mol. The molecule has 18 heavy (non-hydrogen) atoms. The number of aliphatic imine (C=N–C) groups is 1. The fourth-order valence-corrected chi connectivity index (χ4v) is 4.97. The standard InChI is InChI=1S/C12H15NO2S3/c1-3-9-4-5-11(18(2,14)15)10(8-9)17-12-13-6-7-16-12/h4-5,8H,3,6-7H2,1-2H3. The van der Waals surface area contributed by atoms with Crippen LogP contribution in [0.15, 0.2) is 33.0 Å². The second kappa shape index (κ2) is 5.67. The van der Waals surface area contributed by atoms with Crippen molar-refractivity contribution in [2.24, 2.45) is 4.99 Å². The van der Waals surface area contributed by atoms with Gasteiger partial charge in [0.25, 0.3) is 0 Å². The summed E-state index contributed by atoms with van der Waals surface area (Å²) in [5.74, 6) is 0.990. The van der Waals surface area contributed by atoms with E-state index in [2.05, 4.69) is 11.9 Å². The minimum Gasteiger partial charge on any atom is -0.271 e. The zero-order chi connectivity index (χ0) is 13.2. The lowest BCUT2D eigenvalue weighted by Gasteiger charge is -2.09. The van der Waals surface area contributed by atoms with Gasteiger partial charge in [-0.2, -0.15) is 0 Å². The molecule has 0 amide bonds. The maximum Gasteiger partial charge on any atom is 0.176 e. The van der Waals surface area contributed by atoms with Gasteiger partial charge in [0, 0.05) is 16.9 Å². The number of benzene rings is 1. The Hall–Kier alpha value is -0.460. The summed E-state index contributed by atoms with van der Waals surface area (Å²) in [6, 6.07) is 5.54. The molecule has 0 bridgehead atoms. The van der Waals surface area contributed by atoms with Crippen molar-refractivity contribution in [3.05, 3.63) is 23.8 Å². The highest BCUT2D eigenvalue weighted by atomic mass is 32.2. The molecule has 6 heteroatoms. The zero-order valence-electron chi connectivity index (χ0n) is 10.3. The van der Waals surface area contributed by atoms with Crippen LogP contribution in [0.3, 0.4) is 0 Å². The topological polar surface area (TPSA) is 46.5 Å². The van der Waals surface area contributed by atoms with Gasteiger partial charge in [0.2, 0.25) is 0 Å². The van der Waals surface area contributed by atoms with Crippen LogP contribution >= 0.6 is 23.5 Å². The molecule has 0 saturated heterocycles. The Morgan fingerprint density at radius 3 is 2.78 bits per heavy atom. The zero-order valence-corrected chi connectivity index (χ0v) is 12.8. The third-order valence-corrected chi connectivity index (χ3v) is 6.08. The molecule has 1 heterocycles. The quantitative estimate of drug-likeness (QED) is 0.861. The van der Waals surface area contributed by atoms with Crippen LogP contribution in [0.1, 0.15) is 12.5 Å². The summed E-state index contributed by atoms with van der Waals surface area (Å²) in [4.78, 5) is 5.56. The molecule has 0 fully saturated rings. The van der Waals surface area contributed by atoms with Crippen LogP contribution in [-0.4, -0.2) is 31.3 Å². The lowest BCUT2D eigenvalue weighted by molar-refractivity contribution is 0.600. The molecular weight excluding hydrogens is 286 g/mol. The number of aryl methyl sites for hydroxylation is 1. The lowest BCUT2D eigenvalue weighted by atomic mass is 10.2. The average Bonchev–Trinajstić information content (AvgIpc) is 2.80. The molecule has 2 rings (SSSR count). The third kappa shape index (κ3) is 3.30. The van der Waals surface area contributed by atoms with Crippen molar-refractivity contribution in [1.29, 1.82) is 0 Å². The summed E-state index contributed by atoms with van der Waals surface area (Å²) in [5, 5.41) is 0. The number of rotatable bonds is 3. The molecule has 0 atom stereocenters. The van der Waals surface area contributed by atoms with Crippen LogP contribution in [0.25, 0.3) is 0 Å². The fourth-order valence-electron chi connectivity index (χ4n) is 1.63. The Morgan fingerprint density at radius 1 is 1.44 bits per heavy atom. The normalized spacial score (nSPS) is 15.8. The monoisotopic (exact) mass is 301 g/mol. The van der Waals surface area contributed by atoms with Gasteiger partial charge < -0.3 is 0 Å². The Morgan fingerprint density at radius 2 is 2.22 bits per heavy atom. The number of hydrogen-bond donors (Lipinski definition) is 0. The molecule has 0 radical (unpaired) electrons. The second-order valence-corrected chi connectivity index (χ2v) is 8.36. The van der Waals surface area contributed by atoms with E-state index in [1.54, 1.807) is 17.8 Å². The van der Waals surface area contributed by atoms with E-state index < -0.39 is 9.84 Å². The van der Waals surface area contributed by atoms with E-state index in [1.165, 1.54) is 18.0 Å². The van der Waals surface area contributed by atoms with Crippen LogP contribution in [0.4, 0.5) is 0 Å². The van der Waals surface area contributed by atoms with Gasteiger partial charge in [-0.3, -0.25) is 4.99 Å². The van der Waals surface area contributed by atoms with Crippen molar-refractivity contribution in [2.45, 2.75) is 23.1 Å². The Labute approximate surface area is 116 Å².